The van der Waals surface area contributed by atoms with Crippen molar-refractivity contribution in [3.05, 3.63) is 12.4 Å². The molecule has 0 fully saturated rings. The normalized spacial score (nSPS) is 6.67. The minimum absolute atomic E-state index is 0. The summed E-state index contributed by atoms with van der Waals surface area (Å²) in [5.41, 5.74) is 0. The van der Waals surface area contributed by atoms with Gasteiger partial charge >= 0.3 is 0 Å². The Kier molecular flexibility index (Phi) is 1.96. The van der Waals surface area contributed by atoms with Gasteiger partial charge < -0.3 is 0 Å². The van der Waals surface area contributed by atoms with Gasteiger partial charge in [0.2, 0.25) is 0 Å². The molecule has 1 aromatic rings. The number of nitrogens with zero attached hydrogens (tertiary/aromatic N) is 2. The second-order valence-corrected chi connectivity index (χ2v) is 0.660. The third-order valence-corrected chi connectivity index (χ3v) is 0.331. The van der Waals surface area contributed by atoms with Crippen LogP contribution in [0.5, 0.6) is 0 Å². The Morgan fingerprint density at radius 3 is 2.50 bits per heavy atom. The fraction of sp³-hybridized carbons (Fsp3) is 0. The van der Waals surface area contributed by atoms with Crippen LogP contribution in [0.1, 0.15) is 0 Å². The number of aromatic nitrogens is 3. The maximum Gasteiger partial charge on any atom is 0.0690 e. The highest BCUT2D eigenvalue weighted by Crippen LogP contribution is 1.55. The van der Waals surface area contributed by atoms with Gasteiger partial charge in [0.25, 0.3) is 0 Å². The largest absolute Gasteiger partial charge is 0.269 e. The second kappa shape index (κ2) is 2.32. The number of rotatable bonds is 0. The smallest absolute Gasteiger partial charge is 0.0690 e. The van der Waals surface area contributed by atoms with Gasteiger partial charge in [-0.15, -0.1) is 5.10 Å². The minimum Gasteiger partial charge on any atom is -0.269 e. The quantitative estimate of drug-likeness (QED) is 0.484. The Morgan fingerprint density at radius 1 is 1.50 bits per heavy atom. The van der Waals surface area contributed by atoms with Crippen LogP contribution in [0.15, 0.2) is 12.4 Å². The first-order valence-corrected chi connectivity index (χ1v) is 1.30. The fourth-order valence-corrected chi connectivity index (χ4v) is 0.167. The number of halogens is 1. The van der Waals surface area contributed by atoms with Crippen molar-refractivity contribution in [2.24, 2.45) is 0 Å². The molecule has 6 heavy (non-hydrogen) atoms. The molecule has 1 aromatic heterocycles. The standard InChI is InChI=1S/C2H3N3.FH/c1-2-4-5-3-1;/h1-2H,(H,3,4,5);1H. The second-order valence-electron chi connectivity index (χ2n) is 0.660. The lowest BCUT2D eigenvalue weighted by Gasteiger charge is -1.46. The number of hydrogen-bond acceptors (Lipinski definition) is 2. The Morgan fingerprint density at radius 2 is 2.33 bits per heavy atom. The van der Waals surface area contributed by atoms with Crippen molar-refractivity contribution in [2.75, 3.05) is 0 Å². The molecule has 1 heterocycles. The monoisotopic (exact) mass is 89.0 g/mol. The molecule has 3 nitrogen and oxygen atoms in total. The van der Waals surface area contributed by atoms with E-state index in [9.17, 15) is 0 Å². The lowest BCUT2D eigenvalue weighted by Crippen LogP contribution is -1.61. The molecule has 0 spiro atoms. The van der Waals surface area contributed by atoms with E-state index < -0.39 is 0 Å². The van der Waals surface area contributed by atoms with Crippen LogP contribution in [0.4, 0.5) is 4.70 Å². The van der Waals surface area contributed by atoms with Gasteiger partial charge in [-0.2, -0.15) is 0 Å². The van der Waals surface area contributed by atoms with Gasteiger partial charge in [0, 0.05) is 6.20 Å². The number of nitrogens with one attached hydrogen (secondary N) is 1. The van der Waals surface area contributed by atoms with Crippen molar-refractivity contribution in [1.29, 1.82) is 0 Å². The first kappa shape index (κ1) is 5.07. The van der Waals surface area contributed by atoms with E-state index in [2.05, 4.69) is 15.4 Å². The summed E-state index contributed by atoms with van der Waals surface area (Å²) in [6, 6.07) is 0. The number of aromatic amines is 1. The van der Waals surface area contributed by atoms with E-state index in [0.717, 1.165) is 0 Å². The molecule has 34 valence electrons. The van der Waals surface area contributed by atoms with Crippen molar-refractivity contribution in [2.45, 2.75) is 0 Å². The predicted octanol–water partition coefficient (Wildman–Crippen LogP) is -0.0428. The third kappa shape index (κ3) is 0.794. The number of hydrogen-bond donors (Lipinski definition) is 1. The maximum atomic E-state index is 3.42. The van der Waals surface area contributed by atoms with Crippen LogP contribution in [-0.4, -0.2) is 15.4 Å². The van der Waals surface area contributed by atoms with E-state index in [0.29, 0.717) is 0 Å². The molecule has 1 rings (SSSR count). The van der Waals surface area contributed by atoms with Crippen molar-refractivity contribution in [3.8, 4) is 0 Å². The topological polar surface area (TPSA) is 41.6 Å². The molecule has 1 N–H and O–H groups in total. The molecule has 0 bridgehead atoms. The van der Waals surface area contributed by atoms with E-state index in [-0.39, 0.29) is 4.70 Å². The molecule has 0 amide bonds. The highest BCUT2D eigenvalue weighted by atomic mass is 19.0. The summed E-state index contributed by atoms with van der Waals surface area (Å²) in [7, 11) is 0. The van der Waals surface area contributed by atoms with E-state index in [1.54, 1.807) is 12.4 Å². The lowest BCUT2D eigenvalue weighted by molar-refractivity contribution is 0.940. The molecule has 4 heteroatoms. The Labute approximate surface area is 33.7 Å². The van der Waals surface area contributed by atoms with E-state index in [4.69, 9.17) is 0 Å². The minimum atomic E-state index is 0. The first-order chi connectivity index (χ1) is 2.50. The summed E-state index contributed by atoms with van der Waals surface area (Å²) >= 11 is 0. The molecule has 0 aliphatic carbocycles. The van der Waals surface area contributed by atoms with E-state index in [1.807, 2.05) is 0 Å². The highest BCUT2D eigenvalue weighted by Gasteiger charge is 1.57. The third-order valence-electron chi connectivity index (χ3n) is 0.331. The van der Waals surface area contributed by atoms with Crippen LogP contribution in [0.25, 0.3) is 0 Å². The molecule has 0 aliphatic heterocycles. The van der Waals surface area contributed by atoms with Crippen molar-refractivity contribution in [3.63, 3.8) is 0 Å². The van der Waals surface area contributed by atoms with Crippen molar-refractivity contribution < 1.29 is 4.70 Å². The number of H-pyrrole nitrogens is 1. The van der Waals surface area contributed by atoms with Crippen LogP contribution in [0.2, 0.25) is 0 Å². The molecule has 0 atom stereocenters. The summed E-state index contributed by atoms with van der Waals surface area (Å²) in [4.78, 5) is 0. The van der Waals surface area contributed by atoms with Gasteiger partial charge in [0.05, 0.1) is 6.20 Å². The average molecular weight is 89.1 g/mol. The Balaban J connectivity index is 0.000000250. The first-order valence-electron chi connectivity index (χ1n) is 1.30. The summed E-state index contributed by atoms with van der Waals surface area (Å²) in [5, 5.41) is 9.26. The van der Waals surface area contributed by atoms with Crippen molar-refractivity contribution >= 4 is 0 Å². The van der Waals surface area contributed by atoms with Gasteiger partial charge in [-0.25, -0.2) is 0 Å². The molecular formula is C2H4FN3. The molecule has 0 radical (unpaired) electrons. The van der Waals surface area contributed by atoms with Crippen LogP contribution in [0, 0.1) is 0 Å². The zero-order valence-electron chi connectivity index (χ0n) is 2.96. The van der Waals surface area contributed by atoms with E-state index >= 15 is 0 Å². The highest BCUT2D eigenvalue weighted by molar-refractivity contribution is 4.54. The van der Waals surface area contributed by atoms with Gasteiger partial charge in [-0.1, -0.05) is 5.21 Å². The Bertz CT molecular complexity index is 65.3. The summed E-state index contributed by atoms with van der Waals surface area (Å²) in [5.74, 6) is 0. The van der Waals surface area contributed by atoms with Crippen LogP contribution in [0.3, 0.4) is 0 Å². The van der Waals surface area contributed by atoms with Crippen LogP contribution < -0.4 is 0 Å². The molecular weight excluding hydrogens is 85.0 g/mol. The van der Waals surface area contributed by atoms with Gasteiger partial charge in [0.1, 0.15) is 0 Å². The lowest BCUT2D eigenvalue weighted by atomic mass is 11.0. The molecule has 0 aromatic carbocycles. The summed E-state index contributed by atoms with van der Waals surface area (Å²) in [6.07, 6.45) is 3.24. The maximum absolute atomic E-state index is 3.42. The van der Waals surface area contributed by atoms with Crippen LogP contribution in [-0.2, 0) is 0 Å². The molecule has 0 aliphatic rings. The van der Waals surface area contributed by atoms with Gasteiger partial charge in [-0.05, 0) is 0 Å². The van der Waals surface area contributed by atoms with Gasteiger partial charge in [0.15, 0.2) is 0 Å². The van der Waals surface area contributed by atoms with Crippen LogP contribution >= 0.6 is 0 Å². The Hall–Kier alpha value is -0.930. The molecule has 0 saturated carbocycles. The molecule has 0 saturated heterocycles. The zero-order valence-corrected chi connectivity index (χ0v) is 2.96. The molecule has 0 unspecified atom stereocenters. The summed E-state index contributed by atoms with van der Waals surface area (Å²) < 4.78 is 0. The zero-order chi connectivity index (χ0) is 3.54. The predicted molar refractivity (Wildman–Crippen MR) is 18.9 cm³/mol. The van der Waals surface area contributed by atoms with Crippen molar-refractivity contribution in [1.82, 2.24) is 15.4 Å². The summed E-state index contributed by atoms with van der Waals surface area (Å²) in [6.45, 7) is 0. The average Bonchev–Trinajstić information content (AvgIpc) is 1.76. The fourth-order valence-electron chi connectivity index (χ4n) is 0.167. The van der Waals surface area contributed by atoms with E-state index in [1.165, 1.54) is 0 Å². The van der Waals surface area contributed by atoms with Gasteiger partial charge in [-0.3, -0.25) is 9.80 Å². The SMILES string of the molecule is F.c1c[nH]nn1.